The fourth-order valence-corrected chi connectivity index (χ4v) is 68.2. The summed E-state index contributed by atoms with van der Waals surface area (Å²) in [4.78, 5) is 4.50. The van der Waals surface area contributed by atoms with Crippen molar-refractivity contribution in [2.75, 3.05) is 71.1 Å². The van der Waals surface area contributed by atoms with Crippen LogP contribution in [-0.2, 0) is 122 Å². The Morgan fingerprint density at radius 3 is 0.885 bits per heavy atom. The molecule has 0 unspecified atom stereocenters. The third-order valence-electron chi connectivity index (χ3n) is 20.7. The van der Waals surface area contributed by atoms with Crippen molar-refractivity contribution in [2.24, 2.45) is 0 Å². The molecule has 3 aromatic heterocycles. The normalized spacial score (nSPS) is 16.3. The molecule has 0 amide bonds. The summed E-state index contributed by atoms with van der Waals surface area (Å²) >= 11 is 0. The average molecular weight is 2070 g/mol. The van der Waals surface area contributed by atoms with E-state index in [4.69, 9.17) is 102 Å². The number of aromatic nitrogens is 9. The zero-order valence-corrected chi connectivity index (χ0v) is 95.2. The van der Waals surface area contributed by atoms with Gasteiger partial charge in [0.05, 0.1) is 0 Å². The van der Waals surface area contributed by atoms with E-state index in [0.29, 0.717) is 79.4 Å². The molecular weight excluding hydrogens is 1920 g/mol. The Hall–Kier alpha value is -5.26. The molecule has 2 aliphatic rings. The fourth-order valence-electron chi connectivity index (χ4n) is 14.6. The molecule has 3 N–H and O–H groups in total. The van der Waals surface area contributed by atoms with Gasteiger partial charge in [0, 0.05) is 101 Å². The number of rotatable bonds is 45. The van der Waals surface area contributed by atoms with Crippen LogP contribution in [0.15, 0.2) is 122 Å². The first kappa shape index (κ1) is 111. The molecule has 131 heavy (non-hydrogen) atoms. The minimum Gasteiger partial charge on any atom is -0.505 e. The minimum absolute atomic E-state index is 0. The molecule has 50 heteroatoms. The fraction of sp³-hybridized carbons (Fsp3) is 0.531. The van der Waals surface area contributed by atoms with Gasteiger partial charge in [0.2, 0.25) is 0 Å². The highest BCUT2D eigenvalue weighted by atomic mass is 28.6. The van der Waals surface area contributed by atoms with E-state index < -0.39 is 123 Å². The van der Waals surface area contributed by atoms with Gasteiger partial charge in [-0.1, -0.05) is 68.1 Å². The van der Waals surface area contributed by atoms with E-state index in [2.05, 4.69) is 116 Å². The van der Waals surface area contributed by atoms with Gasteiger partial charge < -0.3 is 118 Å². The number of benzene rings is 6. The number of nitrogens with zero attached hydrogens (tertiary/aromatic N) is 9. The number of allylic oxidation sites excluding steroid dienone is 1. The standard InChI is InChI=1S/C48H76N6O14Si7.C16H15N3O.C16H46O12Si7.CH4/c1-36(2)62-75(65-71(14,15)30-31-72(57-5)66-73(58-6,59-7)68-74(60-8,61-9)67-72,63-69(10,11)28-20-22-39-32-37(3)34-45(47(39)55)53-49-41-24-16-17-25-42(41)50-53)64-70(12,13)29-21-23-40-33-38(4)35-46(48(40)56)54-51-43-26-18-19-27-44(43)52-54;1-3-6-12-9-11(2)10-15(16(12)20)19-17-13-7-4-5-8-14(13)18-19;1-16(2)22-35(23-29(8)9,24-30(10)11)25-31(12,13)14-15-32(17-3)26-33(18-4,19-5)28-34(20-6,21-7)27-32;/h16-19,24-27,32-36,55-56H,20-23,28-31H2,1-15H3;3-5,7-10,20H,1,6H2,2H3;16,29-30H,14-15H2,1-13H3;1H4. The third-order valence-corrected chi connectivity index (χ3v) is 68.1. The zero-order chi connectivity index (χ0) is 95.9. The molecule has 0 aliphatic carbocycles. The van der Waals surface area contributed by atoms with Gasteiger partial charge in [-0.2, -0.15) is 0 Å². The van der Waals surface area contributed by atoms with E-state index in [9.17, 15) is 15.3 Å². The summed E-state index contributed by atoms with van der Waals surface area (Å²) in [6.07, 6.45) is 4.53. The van der Waals surface area contributed by atoms with Gasteiger partial charge in [0.1, 0.15) is 67.4 Å². The van der Waals surface area contributed by atoms with Crippen LogP contribution in [0.4, 0.5) is 0 Å². The lowest BCUT2D eigenvalue weighted by Crippen LogP contribution is -2.74. The maximum atomic E-state index is 11.7. The van der Waals surface area contributed by atoms with Crippen LogP contribution in [0.2, 0.25) is 115 Å². The maximum absolute atomic E-state index is 11.7. The SMILES string of the molecule is C.C=CCc1cc(C)cc(-n2nc3ccccc3n2)c1O.CO[Si]1(CC[Si](C)(C)O[Si](OC(C)C)(O[SiH](C)C)O[SiH](C)C)O[Si](OC)(OC)O[Si](OC)(OC)O1.CO[Si]1(CC[Si](C)(C)O[Si](OC(C)C)(O[Si](C)(C)CCCc2cc(C)cc(-n3nc4ccccc4n3)c2O)O[Si](C)(C)CCCc2cc(C)cc(-n3nc4ccccc4n3)c2O)O[Si](OC)(OC)O[Si](OC)(OC)O1. The molecule has 0 bridgehead atoms. The Bertz CT molecular complexity index is 4870. The molecule has 2 fully saturated rings. The van der Waals surface area contributed by atoms with Crippen LogP contribution in [-0.4, -0.2) is 267 Å². The van der Waals surface area contributed by atoms with Crippen LogP contribution in [0.25, 0.3) is 50.2 Å². The van der Waals surface area contributed by atoms with Crippen molar-refractivity contribution in [3.05, 3.63) is 155 Å². The van der Waals surface area contributed by atoms with Crippen LogP contribution in [0.5, 0.6) is 17.2 Å². The highest BCUT2D eigenvalue weighted by Crippen LogP contribution is 2.43. The molecule has 2 saturated heterocycles. The molecule has 11 rings (SSSR count). The van der Waals surface area contributed by atoms with Crippen molar-refractivity contribution in [1.82, 2.24) is 45.0 Å². The summed E-state index contributed by atoms with van der Waals surface area (Å²) in [5, 5.41) is 61.1. The van der Waals surface area contributed by atoms with Gasteiger partial charge in [0.25, 0.3) is 0 Å². The Morgan fingerprint density at radius 1 is 0.382 bits per heavy atom. The van der Waals surface area contributed by atoms with Gasteiger partial charge >= 0.3 is 71.9 Å². The number of fused-ring (bicyclic) bond motifs is 3. The average Bonchev–Trinajstić information content (AvgIpc) is 1.72. The van der Waals surface area contributed by atoms with Gasteiger partial charge in [0.15, 0.2) is 51.4 Å². The van der Waals surface area contributed by atoms with Gasteiger partial charge in [-0.25, -0.2) is 0 Å². The van der Waals surface area contributed by atoms with Gasteiger partial charge in [-0.15, -0.1) is 51.6 Å². The lowest BCUT2D eigenvalue weighted by molar-refractivity contribution is -0.0571. The lowest BCUT2D eigenvalue weighted by Gasteiger charge is -2.46. The van der Waals surface area contributed by atoms with Gasteiger partial charge in [-0.3, -0.25) is 0 Å². The third kappa shape index (κ3) is 29.4. The molecule has 0 atom stereocenters. The summed E-state index contributed by atoms with van der Waals surface area (Å²) in [6, 6.07) is 37.7. The van der Waals surface area contributed by atoms with Crippen molar-refractivity contribution in [1.29, 1.82) is 0 Å². The highest BCUT2D eigenvalue weighted by molar-refractivity contribution is 6.91. The predicted molar refractivity (Wildman–Crippen MR) is 531 cm³/mol. The highest BCUT2D eigenvalue weighted by Gasteiger charge is 2.73. The number of aromatic hydroxyl groups is 3. The second kappa shape index (κ2) is 46.9. The van der Waals surface area contributed by atoms with Crippen molar-refractivity contribution >= 4 is 156 Å². The van der Waals surface area contributed by atoms with E-state index in [-0.39, 0.29) is 42.9 Å². The number of hydrogen-bond donors (Lipinski definition) is 3. The Morgan fingerprint density at radius 2 is 0.634 bits per heavy atom. The Balaban J connectivity index is 0.000000308. The summed E-state index contributed by atoms with van der Waals surface area (Å²) in [5.74, 6) is 0.489. The van der Waals surface area contributed by atoms with Crippen molar-refractivity contribution in [3.8, 4) is 34.3 Å². The van der Waals surface area contributed by atoms with Crippen LogP contribution in [0.1, 0.15) is 81.3 Å². The maximum Gasteiger partial charge on any atom is 0.665 e. The van der Waals surface area contributed by atoms with Crippen molar-refractivity contribution in [2.45, 2.75) is 215 Å². The smallest absolute Gasteiger partial charge is 0.505 e. The summed E-state index contributed by atoms with van der Waals surface area (Å²) in [7, 11) is -28.8. The van der Waals surface area contributed by atoms with Crippen LogP contribution >= 0.6 is 0 Å². The summed E-state index contributed by atoms with van der Waals surface area (Å²) < 4.78 is 150. The predicted octanol–water partition coefficient (Wildman–Crippen LogP) is 15.4. The number of phenolic OH excluding ortho intramolecular Hbond substituents is 3. The zero-order valence-electron chi connectivity index (χ0n) is 80.9. The monoisotopic (exact) mass is 2060 g/mol. The molecule has 9 aromatic rings. The summed E-state index contributed by atoms with van der Waals surface area (Å²) in [6.45, 7) is 43.0. The molecule has 728 valence electrons. The molecule has 36 nitrogen and oxygen atoms in total. The van der Waals surface area contributed by atoms with Crippen LogP contribution in [0.3, 0.4) is 0 Å². The largest absolute Gasteiger partial charge is 0.665 e. The van der Waals surface area contributed by atoms with E-state index in [1.165, 1.54) is 85.5 Å². The second-order valence-corrected chi connectivity index (χ2v) is 79.8. The first-order valence-corrected chi connectivity index (χ1v) is 75.1. The molecule has 0 spiro atoms. The molecule has 5 heterocycles. The number of aryl methyl sites for hydroxylation is 5. The Kier molecular flexibility index (Phi) is 39.8. The van der Waals surface area contributed by atoms with E-state index in [1.54, 1.807) is 6.08 Å². The number of hydrogen-bond acceptors (Lipinski definition) is 33. The topological polar surface area (TPSA) is 374 Å². The minimum atomic E-state index is -4.07. The van der Waals surface area contributed by atoms with Crippen molar-refractivity contribution in [3.63, 3.8) is 0 Å². The first-order valence-electron chi connectivity index (χ1n) is 43.4. The molecular formula is C81H141N9O27Si14. The van der Waals surface area contributed by atoms with Crippen LogP contribution in [0, 0.1) is 20.8 Å². The molecule has 0 radical (unpaired) electrons. The Labute approximate surface area is 789 Å². The molecule has 0 saturated carbocycles. The van der Waals surface area contributed by atoms with E-state index in [0.717, 1.165) is 66.5 Å². The molecule has 6 aromatic carbocycles. The number of phenols is 3. The molecule has 2 aliphatic heterocycles. The van der Waals surface area contributed by atoms with Crippen LogP contribution < -0.4 is 0 Å². The lowest BCUT2D eigenvalue weighted by atomic mass is 10.0. The van der Waals surface area contributed by atoms with E-state index in [1.807, 2.05) is 158 Å². The summed E-state index contributed by atoms with van der Waals surface area (Å²) in [5.41, 5.74) is 11.7. The van der Waals surface area contributed by atoms with Gasteiger partial charge in [-0.05, 0) is 266 Å². The quantitative estimate of drug-likeness (QED) is 0.0236. The second-order valence-electron chi connectivity index (χ2n) is 35.1. The van der Waals surface area contributed by atoms with Crippen molar-refractivity contribution < 1.29 is 118 Å². The van der Waals surface area contributed by atoms with E-state index >= 15 is 0 Å². The first-order chi connectivity index (χ1) is 61.1.